The van der Waals surface area contributed by atoms with Gasteiger partial charge in [-0.25, -0.2) is 13.8 Å². The van der Waals surface area contributed by atoms with Gasteiger partial charge in [-0.15, -0.1) is 11.3 Å². The molecular weight excluding hydrogens is 350 g/mol. The minimum absolute atomic E-state index is 0.128. The Labute approximate surface area is 149 Å². The van der Waals surface area contributed by atoms with Crippen LogP contribution in [0, 0.1) is 6.92 Å². The van der Waals surface area contributed by atoms with Crippen molar-refractivity contribution in [2.24, 2.45) is 5.73 Å². The molecule has 0 saturated carbocycles. The van der Waals surface area contributed by atoms with Crippen molar-refractivity contribution in [1.29, 1.82) is 0 Å². The van der Waals surface area contributed by atoms with Gasteiger partial charge in [-0.3, -0.25) is 4.90 Å². The molecule has 2 N–H and O–H groups in total. The second-order valence-corrected chi connectivity index (χ2v) is 7.02. The summed E-state index contributed by atoms with van der Waals surface area (Å²) in [5.41, 5.74) is 7.99. The molecule has 0 radical (unpaired) electrons. The molecule has 9 heteroatoms. The number of alkyl halides is 2. The van der Waals surface area contributed by atoms with Crippen molar-refractivity contribution in [2.45, 2.75) is 44.9 Å². The Balaban J connectivity index is 1.54. The summed E-state index contributed by atoms with van der Waals surface area (Å²) < 4.78 is 37.1. The summed E-state index contributed by atoms with van der Waals surface area (Å²) in [6.45, 7) is 4.07. The molecule has 0 aromatic carbocycles. The lowest BCUT2D eigenvalue weighted by atomic mass is 10.0. The van der Waals surface area contributed by atoms with Crippen molar-refractivity contribution < 1.29 is 18.0 Å². The van der Waals surface area contributed by atoms with E-state index in [1.807, 2.05) is 13.0 Å². The number of hydrogen-bond donors (Lipinski definition) is 1. The number of aryl methyl sites for hydroxylation is 1. The van der Waals surface area contributed by atoms with E-state index in [0.29, 0.717) is 18.0 Å². The van der Waals surface area contributed by atoms with Crippen LogP contribution in [0.2, 0.25) is 0 Å². The molecule has 2 aromatic rings. The van der Waals surface area contributed by atoms with Gasteiger partial charge in [0.05, 0.1) is 29.1 Å². The highest BCUT2D eigenvalue weighted by Crippen LogP contribution is 2.34. The van der Waals surface area contributed by atoms with Crippen molar-refractivity contribution in [1.82, 2.24) is 15.0 Å². The van der Waals surface area contributed by atoms with Gasteiger partial charge in [0, 0.05) is 25.7 Å². The second kappa shape index (κ2) is 8.31. The molecule has 3 rings (SSSR count). The van der Waals surface area contributed by atoms with E-state index in [0.717, 1.165) is 37.4 Å². The number of likely N-dealkylation sites (tertiary alicyclic amines) is 1. The summed E-state index contributed by atoms with van der Waals surface area (Å²) in [6, 6.07) is 1.64. The second-order valence-electron chi connectivity index (χ2n) is 6.13. The first-order valence-electron chi connectivity index (χ1n) is 8.27. The van der Waals surface area contributed by atoms with E-state index in [1.165, 1.54) is 16.8 Å². The van der Waals surface area contributed by atoms with Crippen molar-refractivity contribution in [3.63, 3.8) is 0 Å². The van der Waals surface area contributed by atoms with Crippen LogP contribution in [0.5, 0.6) is 0 Å². The molecule has 138 valence electrons. The number of rotatable bonds is 7. The number of nitrogens with two attached hydrogens (primary N) is 1. The normalized spacial score (nSPS) is 18.1. The van der Waals surface area contributed by atoms with Crippen LogP contribution in [0.25, 0.3) is 0 Å². The van der Waals surface area contributed by atoms with Crippen LogP contribution in [-0.2, 0) is 11.3 Å². The molecule has 0 spiro atoms. The lowest BCUT2D eigenvalue weighted by Gasteiger charge is -2.36. The predicted molar refractivity (Wildman–Crippen MR) is 89.5 cm³/mol. The Morgan fingerprint density at radius 2 is 2.20 bits per heavy atom. The highest BCUT2D eigenvalue weighted by molar-refractivity contribution is 7.09. The number of piperidine rings is 1. The van der Waals surface area contributed by atoms with E-state index in [9.17, 15) is 8.78 Å². The molecule has 6 nitrogen and oxygen atoms in total. The average molecular weight is 372 g/mol. The van der Waals surface area contributed by atoms with Gasteiger partial charge in [-0.1, -0.05) is 5.16 Å². The molecule has 0 amide bonds. The fourth-order valence-electron chi connectivity index (χ4n) is 3.14. The molecule has 1 aliphatic rings. The summed E-state index contributed by atoms with van der Waals surface area (Å²) in [4.78, 5) is 6.54. The third-order valence-corrected chi connectivity index (χ3v) is 5.36. The number of aromatic nitrogens is 2. The first kappa shape index (κ1) is 18.4. The smallest absolute Gasteiger partial charge is 0.281 e. The summed E-state index contributed by atoms with van der Waals surface area (Å²) in [5, 5.41) is 3.91. The van der Waals surface area contributed by atoms with Crippen molar-refractivity contribution in [3.05, 3.63) is 33.6 Å². The predicted octanol–water partition coefficient (Wildman–Crippen LogP) is 3.06. The number of ether oxygens (including phenoxy) is 1. The van der Waals surface area contributed by atoms with Crippen LogP contribution < -0.4 is 5.73 Å². The van der Waals surface area contributed by atoms with E-state index in [2.05, 4.69) is 15.0 Å². The van der Waals surface area contributed by atoms with Crippen LogP contribution in [0.15, 0.2) is 16.1 Å². The molecule has 0 aliphatic carbocycles. The topological polar surface area (TPSA) is 77.4 Å². The number of thiazole rings is 1. The van der Waals surface area contributed by atoms with Crippen LogP contribution in [0.1, 0.15) is 47.3 Å². The fourth-order valence-corrected chi connectivity index (χ4v) is 4.09. The lowest BCUT2D eigenvalue weighted by Crippen LogP contribution is -2.41. The first-order chi connectivity index (χ1) is 12.1. The van der Waals surface area contributed by atoms with Crippen LogP contribution >= 0.6 is 11.3 Å². The van der Waals surface area contributed by atoms with E-state index in [4.69, 9.17) is 15.0 Å². The molecule has 2 aromatic heterocycles. The zero-order chi connectivity index (χ0) is 17.8. The van der Waals surface area contributed by atoms with Gasteiger partial charge < -0.3 is 15.0 Å². The Bertz CT molecular complexity index is 671. The minimum Gasteiger partial charge on any atom is -0.372 e. The number of halogens is 2. The van der Waals surface area contributed by atoms with Crippen molar-refractivity contribution in [3.8, 4) is 0 Å². The maximum Gasteiger partial charge on any atom is 0.281 e. The van der Waals surface area contributed by atoms with E-state index in [-0.39, 0.29) is 17.8 Å². The van der Waals surface area contributed by atoms with Gasteiger partial charge >= 0.3 is 0 Å². The molecule has 1 fully saturated rings. The maximum absolute atomic E-state index is 13.1. The fraction of sp³-hybridized carbons (Fsp3) is 0.625. The van der Waals surface area contributed by atoms with Gasteiger partial charge in [0.2, 0.25) is 0 Å². The minimum atomic E-state index is -2.57. The quantitative estimate of drug-likeness (QED) is 0.805. The molecule has 1 atom stereocenters. The SMILES string of the molecule is Cc1cc(COC2CCN(C(CN)c3scnc3C(F)F)CC2)no1. The lowest BCUT2D eigenvalue weighted by molar-refractivity contribution is -0.0125. The Kier molecular flexibility index (Phi) is 6.10. The van der Waals surface area contributed by atoms with Gasteiger partial charge in [0.25, 0.3) is 6.43 Å². The number of nitrogens with zero attached hydrogens (tertiary/aromatic N) is 3. The summed E-state index contributed by atoms with van der Waals surface area (Å²) in [7, 11) is 0. The van der Waals surface area contributed by atoms with E-state index < -0.39 is 6.43 Å². The summed E-state index contributed by atoms with van der Waals surface area (Å²) in [5.74, 6) is 0.763. The third-order valence-electron chi connectivity index (χ3n) is 4.42. The van der Waals surface area contributed by atoms with E-state index >= 15 is 0 Å². The average Bonchev–Trinajstić information content (AvgIpc) is 3.24. The van der Waals surface area contributed by atoms with Crippen LogP contribution in [0.3, 0.4) is 0 Å². The molecule has 3 heterocycles. The Morgan fingerprint density at radius 3 is 2.80 bits per heavy atom. The molecule has 1 saturated heterocycles. The van der Waals surface area contributed by atoms with Crippen LogP contribution in [-0.4, -0.2) is 40.8 Å². The molecule has 0 bridgehead atoms. The molecule has 25 heavy (non-hydrogen) atoms. The highest BCUT2D eigenvalue weighted by Gasteiger charge is 2.30. The molecule has 1 aliphatic heterocycles. The summed E-state index contributed by atoms with van der Waals surface area (Å²) >= 11 is 1.25. The first-order valence-corrected chi connectivity index (χ1v) is 9.15. The van der Waals surface area contributed by atoms with Gasteiger partial charge in [0.1, 0.15) is 17.1 Å². The Hall–Kier alpha value is -1.42. The van der Waals surface area contributed by atoms with Gasteiger partial charge in [-0.05, 0) is 19.8 Å². The Morgan fingerprint density at radius 1 is 1.44 bits per heavy atom. The van der Waals surface area contributed by atoms with Gasteiger partial charge in [0.15, 0.2) is 0 Å². The van der Waals surface area contributed by atoms with Crippen molar-refractivity contribution in [2.75, 3.05) is 19.6 Å². The van der Waals surface area contributed by atoms with E-state index in [1.54, 1.807) is 0 Å². The van der Waals surface area contributed by atoms with Crippen molar-refractivity contribution >= 4 is 11.3 Å². The largest absolute Gasteiger partial charge is 0.372 e. The van der Waals surface area contributed by atoms with Gasteiger partial charge in [-0.2, -0.15) is 0 Å². The monoisotopic (exact) mass is 372 g/mol. The number of hydrogen-bond acceptors (Lipinski definition) is 7. The van der Waals surface area contributed by atoms with Crippen LogP contribution in [0.4, 0.5) is 8.78 Å². The third kappa shape index (κ3) is 4.41. The molecule has 1 unspecified atom stereocenters. The molecular formula is C16H22F2N4O2S. The zero-order valence-corrected chi connectivity index (χ0v) is 14.8. The summed E-state index contributed by atoms with van der Waals surface area (Å²) in [6.07, 6.45) is -0.781. The maximum atomic E-state index is 13.1. The standard InChI is InChI=1S/C16H22F2N4O2S/c1-10-6-11(21-24-10)8-23-12-2-4-22(5-3-12)13(7-19)15-14(16(17)18)20-9-25-15/h6,9,12-13,16H,2-5,7-8,19H2,1H3. The highest BCUT2D eigenvalue weighted by atomic mass is 32.1. The zero-order valence-electron chi connectivity index (χ0n) is 14.0.